The fourth-order valence-corrected chi connectivity index (χ4v) is 2.32. The second-order valence-corrected chi connectivity index (χ2v) is 3.92. The van der Waals surface area contributed by atoms with E-state index in [2.05, 4.69) is 0 Å². The molecule has 0 aromatic rings. The minimum Gasteiger partial charge on any atom is -0.370 e. The van der Waals surface area contributed by atoms with Crippen LogP contribution in [-0.4, -0.2) is 47.2 Å². The number of rotatable bonds is 1. The van der Waals surface area contributed by atoms with Crippen molar-refractivity contribution >= 4 is 17.8 Å². The average molecular weight is 210 g/mol. The minimum absolute atomic E-state index is 0.0620. The molecule has 15 heavy (non-hydrogen) atoms. The van der Waals surface area contributed by atoms with E-state index in [-0.39, 0.29) is 29.6 Å². The molecular formula is C9H14N4O2. The van der Waals surface area contributed by atoms with Gasteiger partial charge in [0.25, 0.3) is 0 Å². The highest BCUT2D eigenvalue weighted by Crippen LogP contribution is 2.32. The van der Waals surface area contributed by atoms with E-state index in [0.29, 0.717) is 19.6 Å². The van der Waals surface area contributed by atoms with Crippen LogP contribution in [-0.2, 0) is 9.59 Å². The molecule has 82 valence electrons. The number of nitrogens with zero attached hydrogens (tertiary/aromatic N) is 2. The standard InChI is InChI=1S/C9H14N4O2/c1-2-13-7(14)5-3-12(9(10)11)4-6(5)8(13)15/h5-6H,2-4H2,1H3,(H3,10,11)/t5-,6+. The van der Waals surface area contributed by atoms with Gasteiger partial charge in [-0.3, -0.25) is 19.9 Å². The first-order chi connectivity index (χ1) is 7.06. The lowest BCUT2D eigenvalue weighted by Gasteiger charge is -2.19. The summed E-state index contributed by atoms with van der Waals surface area (Å²) in [6.07, 6.45) is 0. The van der Waals surface area contributed by atoms with E-state index in [0.717, 1.165) is 0 Å². The van der Waals surface area contributed by atoms with Crippen molar-refractivity contribution in [2.45, 2.75) is 6.92 Å². The van der Waals surface area contributed by atoms with E-state index in [1.165, 1.54) is 4.90 Å². The molecule has 6 heteroatoms. The van der Waals surface area contributed by atoms with E-state index in [4.69, 9.17) is 11.1 Å². The number of fused-ring (bicyclic) bond motifs is 1. The van der Waals surface area contributed by atoms with Crippen LogP contribution in [0, 0.1) is 17.2 Å². The number of nitrogens with two attached hydrogens (primary N) is 1. The van der Waals surface area contributed by atoms with Crippen LogP contribution in [0.2, 0.25) is 0 Å². The molecule has 0 radical (unpaired) electrons. The molecule has 0 aromatic carbocycles. The van der Waals surface area contributed by atoms with Crippen LogP contribution < -0.4 is 5.73 Å². The molecule has 2 aliphatic heterocycles. The zero-order valence-corrected chi connectivity index (χ0v) is 8.56. The van der Waals surface area contributed by atoms with Crippen LogP contribution in [0.5, 0.6) is 0 Å². The Morgan fingerprint density at radius 2 is 1.87 bits per heavy atom. The Morgan fingerprint density at radius 3 is 2.20 bits per heavy atom. The Kier molecular flexibility index (Phi) is 2.13. The molecule has 2 fully saturated rings. The summed E-state index contributed by atoms with van der Waals surface area (Å²) in [5, 5.41) is 7.27. The van der Waals surface area contributed by atoms with Crippen molar-refractivity contribution in [3.63, 3.8) is 0 Å². The smallest absolute Gasteiger partial charge is 0.234 e. The summed E-state index contributed by atoms with van der Waals surface area (Å²) >= 11 is 0. The van der Waals surface area contributed by atoms with Crippen LogP contribution in [0.15, 0.2) is 0 Å². The molecule has 0 aliphatic carbocycles. The lowest BCUT2D eigenvalue weighted by Crippen LogP contribution is -2.40. The van der Waals surface area contributed by atoms with Gasteiger partial charge >= 0.3 is 0 Å². The predicted octanol–water partition coefficient (Wildman–Crippen LogP) is -1.18. The van der Waals surface area contributed by atoms with E-state index in [9.17, 15) is 9.59 Å². The van der Waals surface area contributed by atoms with Gasteiger partial charge < -0.3 is 10.6 Å². The quantitative estimate of drug-likeness (QED) is 0.324. The van der Waals surface area contributed by atoms with Gasteiger partial charge in [0, 0.05) is 19.6 Å². The van der Waals surface area contributed by atoms with Crippen LogP contribution in [0.3, 0.4) is 0 Å². The number of likely N-dealkylation sites (tertiary alicyclic amines) is 2. The summed E-state index contributed by atoms with van der Waals surface area (Å²) < 4.78 is 0. The number of carbonyl (C=O) groups is 2. The second-order valence-electron chi connectivity index (χ2n) is 3.92. The zero-order chi connectivity index (χ0) is 11.2. The molecule has 0 bridgehead atoms. The topological polar surface area (TPSA) is 90.5 Å². The third-order valence-corrected chi connectivity index (χ3v) is 3.14. The Hall–Kier alpha value is -1.59. The zero-order valence-electron chi connectivity index (χ0n) is 8.56. The van der Waals surface area contributed by atoms with Crippen molar-refractivity contribution < 1.29 is 9.59 Å². The maximum Gasteiger partial charge on any atom is 0.234 e. The summed E-state index contributed by atoms with van der Waals surface area (Å²) in [4.78, 5) is 26.4. The maximum absolute atomic E-state index is 11.8. The maximum atomic E-state index is 11.8. The third-order valence-electron chi connectivity index (χ3n) is 3.14. The Morgan fingerprint density at radius 1 is 1.40 bits per heavy atom. The highest BCUT2D eigenvalue weighted by Gasteiger charge is 2.52. The molecule has 0 unspecified atom stereocenters. The van der Waals surface area contributed by atoms with Crippen LogP contribution >= 0.6 is 0 Å². The molecule has 2 heterocycles. The molecule has 2 saturated heterocycles. The van der Waals surface area contributed by atoms with Crippen LogP contribution in [0.4, 0.5) is 0 Å². The van der Waals surface area contributed by atoms with Gasteiger partial charge in [0.15, 0.2) is 5.96 Å². The Bertz CT molecular complexity index is 317. The normalized spacial score (nSPS) is 29.9. The molecular weight excluding hydrogens is 196 g/mol. The van der Waals surface area contributed by atoms with Gasteiger partial charge in [0.2, 0.25) is 11.8 Å². The first kappa shape index (κ1) is 9.95. The first-order valence-corrected chi connectivity index (χ1v) is 5.00. The number of hydrogen-bond donors (Lipinski definition) is 2. The molecule has 2 aliphatic rings. The lowest BCUT2D eigenvalue weighted by atomic mass is 10.00. The summed E-state index contributed by atoms with van der Waals surface area (Å²) in [5.41, 5.74) is 5.33. The fourth-order valence-electron chi connectivity index (χ4n) is 2.32. The largest absolute Gasteiger partial charge is 0.370 e. The molecule has 6 nitrogen and oxygen atoms in total. The lowest BCUT2D eigenvalue weighted by molar-refractivity contribution is -0.140. The van der Waals surface area contributed by atoms with Crippen molar-refractivity contribution in [3.8, 4) is 0 Å². The average Bonchev–Trinajstić information content (AvgIpc) is 2.69. The van der Waals surface area contributed by atoms with Crippen molar-refractivity contribution in [2.24, 2.45) is 17.6 Å². The first-order valence-electron chi connectivity index (χ1n) is 5.00. The molecule has 0 saturated carbocycles. The number of guanidine groups is 1. The van der Waals surface area contributed by atoms with E-state index >= 15 is 0 Å². The summed E-state index contributed by atoms with van der Waals surface area (Å²) in [7, 11) is 0. The highest BCUT2D eigenvalue weighted by atomic mass is 16.2. The second kappa shape index (κ2) is 3.22. The molecule has 0 spiro atoms. The number of nitrogens with one attached hydrogen (secondary N) is 1. The van der Waals surface area contributed by atoms with E-state index in [1.807, 2.05) is 0 Å². The number of imide groups is 1. The molecule has 2 rings (SSSR count). The monoisotopic (exact) mass is 210 g/mol. The van der Waals surface area contributed by atoms with Crippen molar-refractivity contribution in [2.75, 3.05) is 19.6 Å². The summed E-state index contributed by atoms with van der Waals surface area (Å²) in [6, 6.07) is 0. The van der Waals surface area contributed by atoms with Crippen LogP contribution in [0.25, 0.3) is 0 Å². The van der Waals surface area contributed by atoms with Crippen molar-refractivity contribution in [3.05, 3.63) is 0 Å². The van der Waals surface area contributed by atoms with Crippen molar-refractivity contribution in [1.82, 2.24) is 9.80 Å². The third kappa shape index (κ3) is 1.28. The molecule has 0 aromatic heterocycles. The summed E-state index contributed by atoms with van der Waals surface area (Å²) in [5.74, 6) is -0.872. The molecule has 2 atom stereocenters. The predicted molar refractivity (Wildman–Crippen MR) is 52.9 cm³/mol. The van der Waals surface area contributed by atoms with Gasteiger partial charge in [-0.25, -0.2) is 0 Å². The fraction of sp³-hybridized carbons (Fsp3) is 0.667. The SMILES string of the molecule is CCN1C(=O)[C@H]2CN(C(=N)N)C[C@H]2C1=O. The number of hydrogen-bond acceptors (Lipinski definition) is 3. The number of amides is 2. The van der Waals surface area contributed by atoms with Gasteiger partial charge in [-0.15, -0.1) is 0 Å². The molecule has 3 N–H and O–H groups in total. The van der Waals surface area contributed by atoms with E-state index in [1.54, 1.807) is 11.8 Å². The van der Waals surface area contributed by atoms with Gasteiger partial charge in [-0.05, 0) is 6.92 Å². The van der Waals surface area contributed by atoms with Gasteiger partial charge in [-0.2, -0.15) is 0 Å². The Labute approximate surface area is 87.5 Å². The van der Waals surface area contributed by atoms with Gasteiger partial charge in [0.05, 0.1) is 11.8 Å². The highest BCUT2D eigenvalue weighted by molar-refractivity contribution is 6.06. The number of carbonyl (C=O) groups excluding carboxylic acids is 2. The van der Waals surface area contributed by atoms with Crippen molar-refractivity contribution in [1.29, 1.82) is 5.41 Å². The van der Waals surface area contributed by atoms with Crippen LogP contribution in [0.1, 0.15) is 6.92 Å². The van der Waals surface area contributed by atoms with Gasteiger partial charge in [-0.1, -0.05) is 0 Å². The Balaban J connectivity index is 2.18. The minimum atomic E-state index is -0.290. The summed E-state index contributed by atoms with van der Waals surface area (Å²) in [6.45, 7) is 3.03. The van der Waals surface area contributed by atoms with Gasteiger partial charge in [0.1, 0.15) is 0 Å². The molecule has 2 amide bonds. The van der Waals surface area contributed by atoms with E-state index < -0.39 is 0 Å².